The van der Waals surface area contributed by atoms with E-state index in [0.29, 0.717) is 22.5 Å². The molecule has 0 saturated heterocycles. The van der Waals surface area contributed by atoms with Gasteiger partial charge in [0.05, 0.1) is 6.26 Å². The molecular weight excluding hydrogens is 302 g/mol. The Labute approximate surface area is 129 Å². The number of nitrogens with one attached hydrogen (secondary N) is 2. The fraction of sp³-hybridized carbons (Fsp3) is 0.133. The normalized spacial score (nSPS) is 11.0. The molecule has 0 aliphatic carbocycles. The topological polar surface area (TPSA) is 101 Å². The summed E-state index contributed by atoms with van der Waals surface area (Å²) < 4.78 is 25.0. The Hall–Kier alpha value is -2.38. The summed E-state index contributed by atoms with van der Waals surface area (Å²) in [6, 6.07) is 13.7. The van der Waals surface area contributed by atoms with Crippen LogP contribution in [0.4, 0.5) is 11.4 Å². The van der Waals surface area contributed by atoms with E-state index in [1.807, 2.05) is 18.2 Å². The third-order valence-corrected chi connectivity index (χ3v) is 3.43. The van der Waals surface area contributed by atoms with Crippen molar-refractivity contribution in [1.29, 1.82) is 0 Å². The maximum absolute atomic E-state index is 12.3. The largest absolute Gasteiger partial charge is 0.326 e. The molecule has 0 atom stereocenters. The van der Waals surface area contributed by atoms with E-state index in [-0.39, 0.29) is 12.5 Å². The zero-order valence-electron chi connectivity index (χ0n) is 12.0. The van der Waals surface area contributed by atoms with Crippen LogP contribution in [0.15, 0.2) is 48.5 Å². The number of carbonyl (C=O) groups excluding carboxylic acids is 1. The molecule has 0 aliphatic heterocycles. The monoisotopic (exact) mass is 319 g/mol. The van der Waals surface area contributed by atoms with Crippen LogP contribution in [0.2, 0.25) is 0 Å². The minimum atomic E-state index is -3.43. The van der Waals surface area contributed by atoms with Crippen LogP contribution in [0.5, 0.6) is 0 Å². The quantitative estimate of drug-likeness (QED) is 0.781. The first-order valence-electron chi connectivity index (χ1n) is 6.55. The van der Waals surface area contributed by atoms with E-state index in [1.165, 1.54) is 6.07 Å². The molecule has 6 nitrogen and oxygen atoms in total. The van der Waals surface area contributed by atoms with Crippen LogP contribution in [-0.2, 0) is 16.6 Å². The van der Waals surface area contributed by atoms with Gasteiger partial charge in [-0.15, -0.1) is 0 Å². The summed E-state index contributed by atoms with van der Waals surface area (Å²) in [6.45, 7) is 0.199. The first-order valence-corrected chi connectivity index (χ1v) is 8.45. The molecule has 0 heterocycles. The van der Waals surface area contributed by atoms with Crippen molar-refractivity contribution in [3.8, 4) is 0 Å². The first kappa shape index (κ1) is 16.0. The molecule has 0 aromatic heterocycles. The van der Waals surface area contributed by atoms with E-state index < -0.39 is 10.0 Å². The van der Waals surface area contributed by atoms with Crippen molar-refractivity contribution in [3.05, 3.63) is 59.7 Å². The van der Waals surface area contributed by atoms with Crippen molar-refractivity contribution in [1.82, 2.24) is 0 Å². The van der Waals surface area contributed by atoms with Crippen LogP contribution in [0, 0.1) is 0 Å². The summed E-state index contributed by atoms with van der Waals surface area (Å²) in [5, 5.41) is 2.74. The summed E-state index contributed by atoms with van der Waals surface area (Å²) in [7, 11) is -3.43. The average molecular weight is 319 g/mol. The molecule has 2 rings (SSSR count). The molecule has 7 heteroatoms. The van der Waals surface area contributed by atoms with Crippen LogP contribution < -0.4 is 15.8 Å². The van der Waals surface area contributed by atoms with E-state index >= 15 is 0 Å². The van der Waals surface area contributed by atoms with Gasteiger partial charge < -0.3 is 11.1 Å². The maximum Gasteiger partial charge on any atom is 0.255 e. The highest BCUT2D eigenvalue weighted by molar-refractivity contribution is 7.92. The van der Waals surface area contributed by atoms with E-state index in [0.717, 1.165) is 6.26 Å². The number of anilines is 2. The predicted octanol–water partition coefficient (Wildman–Crippen LogP) is 1.77. The van der Waals surface area contributed by atoms with E-state index in [4.69, 9.17) is 5.73 Å². The SMILES string of the molecule is CS(=O)(=O)Nc1cc(CN)cc(C(=O)Nc2ccccc2)c1. The van der Waals surface area contributed by atoms with Crippen LogP contribution in [0.25, 0.3) is 0 Å². The molecule has 0 saturated carbocycles. The Morgan fingerprint density at radius 3 is 2.36 bits per heavy atom. The Kier molecular flexibility index (Phi) is 4.79. The number of benzene rings is 2. The zero-order valence-corrected chi connectivity index (χ0v) is 12.9. The van der Waals surface area contributed by atoms with Gasteiger partial charge in [0.1, 0.15) is 0 Å². The average Bonchev–Trinajstić information content (AvgIpc) is 2.46. The molecular formula is C15H17N3O3S. The Bertz CT molecular complexity index is 774. The zero-order chi connectivity index (χ0) is 16.2. The second-order valence-corrected chi connectivity index (χ2v) is 6.57. The molecule has 4 N–H and O–H groups in total. The number of amides is 1. The van der Waals surface area contributed by atoms with Crippen LogP contribution >= 0.6 is 0 Å². The van der Waals surface area contributed by atoms with Gasteiger partial charge in [0.15, 0.2) is 0 Å². The van der Waals surface area contributed by atoms with E-state index in [2.05, 4.69) is 10.0 Å². The van der Waals surface area contributed by atoms with Crippen molar-refractivity contribution < 1.29 is 13.2 Å². The molecule has 2 aromatic carbocycles. The van der Waals surface area contributed by atoms with Gasteiger partial charge in [-0.05, 0) is 35.9 Å². The third kappa shape index (κ3) is 4.57. The predicted molar refractivity (Wildman–Crippen MR) is 87.2 cm³/mol. The molecule has 0 aliphatic rings. The molecule has 0 fully saturated rings. The molecule has 0 radical (unpaired) electrons. The highest BCUT2D eigenvalue weighted by Gasteiger charge is 2.11. The second kappa shape index (κ2) is 6.59. The lowest BCUT2D eigenvalue weighted by Gasteiger charge is -2.10. The first-order chi connectivity index (χ1) is 10.4. The Balaban J connectivity index is 2.29. The number of rotatable bonds is 5. The number of hydrogen-bond donors (Lipinski definition) is 3. The number of hydrogen-bond acceptors (Lipinski definition) is 4. The van der Waals surface area contributed by atoms with Crippen molar-refractivity contribution in [2.24, 2.45) is 5.73 Å². The fourth-order valence-corrected chi connectivity index (χ4v) is 2.48. The van der Waals surface area contributed by atoms with Gasteiger partial charge in [0.25, 0.3) is 5.91 Å². The van der Waals surface area contributed by atoms with Crippen LogP contribution in [-0.4, -0.2) is 20.6 Å². The molecule has 0 spiro atoms. The summed E-state index contributed by atoms with van der Waals surface area (Å²) >= 11 is 0. The lowest BCUT2D eigenvalue weighted by Crippen LogP contribution is -2.15. The van der Waals surface area contributed by atoms with Crippen LogP contribution in [0.3, 0.4) is 0 Å². The van der Waals surface area contributed by atoms with Gasteiger partial charge in [-0.2, -0.15) is 0 Å². The summed E-state index contributed by atoms with van der Waals surface area (Å²) in [5.74, 6) is -0.335. The minimum absolute atomic E-state index is 0.199. The number of sulfonamides is 1. The lowest BCUT2D eigenvalue weighted by molar-refractivity contribution is 0.102. The standard InChI is InChI=1S/C15H17N3O3S/c1-22(20,21)18-14-8-11(10-16)7-12(9-14)15(19)17-13-5-3-2-4-6-13/h2-9,18H,10,16H2,1H3,(H,17,19). The van der Waals surface area contributed by atoms with Gasteiger partial charge in [0.2, 0.25) is 10.0 Å². The van der Waals surface area contributed by atoms with E-state index in [1.54, 1.807) is 24.3 Å². The van der Waals surface area contributed by atoms with Gasteiger partial charge in [-0.1, -0.05) is 18.2 Å². The summed E-state index contributed by atoms with van der Waals surface area (Å²) in [5.41, 5.74) is 7.55. The minimum Gasteiger partial charge on any atom is -0.326 e. The van der Waals surface area contributed by atoms with Gasteiger partial charge in [-0.25, -0.2) is 8.42 Å². The smallest absolute Gasteiger partial charge is 0.255 e. The maximum atomic E-state index is 12.3. The summed E-state index contributed by atoms with van der Waals surface area (Å²) in [6.07, 6.45) is 1.05. The van der Waals surface area contributed by atoms with Gasteiger partial charge in [-0.3, -0.25) is 9.52 Å². The molecule has 0 unspecified atom stereocenters. The van der Waals surface area contributed by atoms with Gasteiger partial charge in [0, 0.05) is 23.5 Å². The Morgan fingerprint density at radius 1 is 1.09 bits per heavy atom. The molecule has 2 aromatic rings. The fourth-order valence-electron chi connectivity index (χ4n) is 1.94. The molecule has 1 amide bonds. The molecule has 22 heavy (non-hydrogen) atoms. The van der Waals surface area contributed by atoms with Crippen molar-refractivity contribution in [2.75, 3.05) is 16.3 Å². The van der Waals surface area contributed by atoms with Crippen molar-refractivity contribution >= 4 is 27.3 Å². The third-order valence-electron chi connectivity index (χ3n) is 2.83. The van der Waals surface area contributed by atoms with Crippen LogP contribution in [0.1, 0.15) is 15.9 Å². The second-order valence-electron chi connectivity index (χ2n) is 4.82. The summed E-state index contributed by atoms with van der Waals surface area (Å²) in [4.78, 5) is 12.3. The van der Waals surface area contributed by atoms with E-state index in [9.17, 15) is 13.2 Å². The van der Waals surface area contributed by atoms with Crippen molar-refractivity contribution in [3.63, 3.8) is 0 Å². The highest BCUT2D eigenvalue weighted by Crippen LogP contribution is 2.17. The molecule has 116 valence electrons. The Morgan fingerprint density at radius 2 is 1.77 bits per heavy atom. The number of nitrogens with two attached hydrogens (primary N) is 1. The number of carbonyl (C=O) groups is 1. The lowest BCUT2D eigenvalue weighted by atomic mass is 10.1. The van der Waals surface area contributed by atoms with Crippen molar-refractivity contribution in [2.45, 2.75) is 6.54 Å². The highest BCUT2D eigenvalue weighted by atomic mass is 32.2. The number of para-hydroxylation sites is 1. The van der Waals surface area contributed by atoms with Gasteiger partial charge >= 0.3 is 0 Å². The molecule has 0 bridgehead atoms.